The summed E-state index contributed by atoms with van der Waals surface area (Å²) in [6, 6.07) is 15.3. The molecule has 0 spiro atoms. The standard InChI is InChI=1S/C39H38Cl3N7O9/c40-30-11-26(16-45-31(19-50)38(52)53)34(57-21-24-10-23(13-43)14-44-15-24)12-35(30)58-22-25-4-1-5-28(36(25)41)29-6-2-7-33(37(29)42)56-9-3-8-49-18-27(47-48-49)17-46-32(20-51)39(54)55/h1-2,4-7,10-12,14-15,18,31-32,45-46,50-51H,3,8-9,16-17,19-22H2,(H,52,53)(H,54,55). The largest absolute Gasteiger partial charge is 0.492 e. The number of carboxylic acids is 2. The smallest absolute Gasteiger partial charge is 0.323 e. The molecule has 2 heterocycles. The van der Waals surface area contributed by atoms with Crippen LogP contribution in [0, 0.1) is 11.3 Å². The third-order valence-electron chi connectivity index (χ3n) is 8.55. The van der Waals surface area contributed by atoms with Crippen LogP contribution < -0.4 is 24.8 Å². The average molecular weight is 855 g/mol. The van der Waals surface area contributed by atoms with Crippen molar-refractivity contribution in [3.8, 4) is 34.4 Å². The number of hydrogen-bond acceptors (Lipinski definition) is 13. The zero-order valence-electron chi connectivity index (χ0n) is 30.6. The summed E-state index contributed by atoms with van der Waals surface area (Å²) in [6.07, 6.45) is 5.22. The highest BCUT2D eigenvalue weighted by Crippen LogP contribution is 2.40. The first-order valence-corrected chi connectivity index (χ1v) is 18.8. The number of aliphatic hydroxyl groups excluding tert-OH is 2. The highest BCUT2D eigenvalue weighted by molar-refractivity contribution is 6.37. The molecule has 0 amide bonds. The maximum atomic E-state index is 11.5. The van der Waals surface area contributed by atoms with E-state index in [-0.39, 0.29) is 37.1 Å². The quantitative estimate of drug-likeness (QED) is 0.0510. The van der Waals surface area contributed by atoms with Crippen LogP contribution in [0.2, 0.25) is 15.1 Å². The Labute approximate surface area is 347 Å². The van der Waals surface area contributed by atoms with Crippen LogP contribution in [0.1, 0.15) is 34.4 Å². The van der Waals surface area contributed by atoms with E-state index in [1.807, 2.05) is 24.3 Å². The van der Waals surface area contributed by atoms with Gasteiger partial charge in [-0.15, -0.1) is 5.10 Å². The highest BCUT2D eigenvalue weighted by Gasteiger charge is 2.20. The van der Waals surface area contributed by atoms with Crippen molar-refractivity contribution < 1.29 is 44.2 Å². The number of carbonyl (C=O) groups is 2. The number of nitriles is 1. The summed E-state index contributed by atoms with van der Waals surface area (Å²) in [4.78, 5) is 26.6. The van der Waals surface area contributed by atoms with Gasteiger partial charge in [-0.05, 0) is 18.2 Å². The minimum atomic E-state index is -1.23. The number of halogens is 3. The van der Waals surface area contributed by atoms with E-state index in [4.69, 9.17) is 59.2 Å². The Morgan fingerprint density at radius 2 is 1.50 bits per heavy atom. The minimum absolute atomic E-state index is 0.00138. The van der Waals surface area contributed by atoms with E-state index in [1.54, 1.807) is 53.5 Å². The molecular formula is C39H38Cl3N7O9. The van der Waals surface area contributed by atoms with Gasteiger partial charge in [0.25, 0.3) is 0 Å². The fourth-order valence-corrected chi connectivity index (χ4v) is 6.30. The lowest BCUT2D eigenvalue weighted by Gasteiger charge is -2.18. The van der Waals surface area contributed by atoms with Crippen molar-refractivity contribution in [1.29, 1.82) is 5.26 Å². The number of nitrogens with zero attached hydrogens (tertiary/aromatic N) is 5. The first-order chi connectivity index (χ1) is 28.0. The molecule has 0 aliphatic rings. The number of aliphatic carboxylic acids is 2. The summed E-state index contributed by atoms with van der Waals surface area (Å²) in [7, 11) is 0. The van der Waals surface area contributed by atoms with Crippen molar-refractivity contribution in [2.24, 2.45) is 0 Å². The molecule has 5 rings (SSSR count). The maximum Gasteiger partial charge on any atom is 0.323 e. The van der Waals surface area contributed by atoms with Crippen molar-refractivity contribution >= 4 is 46.7 Å². The number of pyridine rings is 1. The van der Waals surface area contributed by atoms with Gasteiger partial charge < -0.3 is 34.6 Å². The molecular weight excluding hydrogens is 817 g/mol. The van der Waals surface area contributed by atoms with E-state index < -0.39 is 37.2 Å². The van der Waals surface area contributed by atoms with Crippen LogP contribution in [0.5, 0.6) is 17.2 Å². The Morgan fingerprint density at radius 1 is 0.810 bits per heavy atom. The van der Waals surface area contributed by atoms with Gasteiger partial charge >= 0.3 is 11.9 Å². The monoisotopic (exact) mass is 853 g/mol. The molecule has 16 nitrogen and oxygen atoms in total. The van der Waals surface area contributed by atoms with Crippen LogP contribution in [0.15, 0.2) is 73.2 Å². The Hall–Kier alpha value is -5.51. The van der Waals surface area contributed by atoms with Crippen molar-refractivity contribution in [3.05, 3.63) is 116 Å². The zero-order chi connectivity index (χ0) is 41.6. The molecule has 0 bridgehead atoms. The summed E-state index contributed by atoms with van der Waals surface area (Å²) in [5, 5.41) is 60.8. The lowest BCUT2D eigenvalue weighted by atomic mass is 10.0. The second-order valence-electron chi connectivity index (χ2n) is 12.6. The van der Waals surface area contributed by atoms with Crippen molar-refractivity contribution in [2.75, 3.05) is 19.8 Å². The number of nitrogens with one attached hydrogen (secondary N) is 2. The SMILES string of the molecule is N#Cc1cncc(COc2cc(OCc3cccc(-c4cccc(OCCCn5cc(CNC(CO)C(=O)O)nn5)c4Cl)c3Cl)c(Cl)cc2CNC(CO)C(=O)O)c1. The fraction of sp³-hybridized carbons (Fsp3) is 0.282. The molecule has 6 N–H and O–H groups in total. The highest BCUT2D eigenvalue weighted by atomic mass is 35.5. The zero-order valence-corrected chi connectivity index (χ0v) is 32.9. The number of aromatic nitrogens is 4. The van der Waals surface area contributed by atoms with Gasteiger partial charge in [-0.25, -0.2) is 0 Å². The number of rotatable bonds is 22. The molecule has 0 saturated carbocycles. The molecule has 19 heteroatoms. The van der Waals surface area contributed by atoms with E-state index in [2.05, 4.69) is 25.9 Å². The van der Waals surface area contributed by atoms with Gasteiger partial charge in [-0.1, -0.05) is 70.3 Å². The lowest BCUT2D eigenvalue weighted by molar-refractivity contribution is -0.141. The van der Waals surface area contributed by atoms with Gasteiger partial charge in [0, 0.05) is 78.5 Å². The molecule has 304 valence electrons. The van der Waals surface area contributed by atoms with E-state index >= 15 is 0 Å². The molecule has 2 atom stereocenters. The van der Waals surface area contributed by atoms with E-state index in [0.29, 0.717) is 80.2 Å². The normalized spacial score (nSPS) is 12.1. The predicted molar refractivity (Wildman–Crippen MR) is 212 cm³/mol. The number of aryl methyl sites for hydroxylation is 1. The molecule has 58 heavy (non-hydrogen) atoms. The number of ether oxygens (including phenoxy) is 3. The van der Waals surface area contributed by atoms with Gasteiger partial charge in [0.2, 0.25) is 0 Å². The van der Waals surface area contributed by atoms with Crippen LogP contribution in [-0.2, 0) is 42.4 Å². The molecule has 5 aromatic rings. The summed E-state index contributed by atoms with van der Waals surface area (Å²) < 4.78 is 19.8. The topological polar surface area (TPSA) is 234 Å². The second kappa shape index (κ2) is 21.3. The summed E-state index contributed by atoms with van der Waals surface area (Å²) in [5.74, 6) is -1.38. The van der Waals surface area contributed by atoms with Crippen molar-refractivity contribution in [3.63, 3.8) is 0 Å². The molecule has 0 aliphatic carbocycles. The molecule has 0 aliphatic heterocycles. The predicted octanol–water partition coefficient (Wildman–Crippen LogP) is 4.87. The van der Waals surface area contributed by atoms with Gasteiger partial charge in [0.15, 0.2) is 0 Å². The van der Waals surface area contributed by atoms with E-state index in [9.17, 15) is 25.1 Å². The first kappa shape index (κ1) is 43.6. The van der Waals surface area contributed by atoms with Crippen LogP contribution in [0.4, 0.5) is 0 Å². The molecule has 0 radical (unpaired) electrons. The van der Waals surface area contributed by atoms with Crippen molar-refractivity contribution in [1.82, 2.24) is 30.6 Å². The lowest BCUT2D eigenvalue weighted by Crippen LogP contribution is -2.39. The Balaban J connectivity index is 1.25. The molecule has 2 unspecified atom stereocenters. The van der Waals surface area contributed by atoms with Gasteiger partial charge in [-0.3, -0.25) is 29.9 Å². The Bertz CT molecular complexity index is 2250. The van der Waals surface area contributed by atoms with Crippen LogP contribution in [0.25, 0.3) is 11.1 Å². The van der Waals surface area contributed by atoms with E-state index in [0.717, 1.165) is 0 Å². The number of hydrogen-bond donors (Lipinski definition) is 6. The fourth-order valence-electron chi connectivity index (χ4n) is 5.49. The molecule has 2 aromatic heterocycles. The first-order valence-electron chi connectivity index (χ1n) is 17.6. The maximum absolute atomic E-state index is 11.5. The Morgan fingerprint density at radius 3 is 2.21 bits per heavy atom. The summed E-state index contributed by atoms with van der Waals surface area (Å²) in [6.45, 7) is -0.253. The van der Waals surface area contributed by atoms with Crippen molar-refractivity contribution in [2.45, 2.75) is 51.4 Å². The van der Waals surface area contributed by atoms with Crippen LogP contribution in [-0.4, -0.2) is 84.2 Å². The minimum Gasteiger partial charge on any atom is -0.492 e. The summed E-state index contributed by atoms with van der Waals surface area (Å²) in [5.41, 5.74) is 3.88. The third-order valence-corrected chi connectivity index (χ3v) is 9.69. The van der Waals surface area contributed by atoms with Gasteiger partial charge in [0.1, 0.15) is 48.6 Å². The number of carboxylic acid groups (broad SMARTS) is 2. The third kappa shape index (κ3) is 11.8. The summed E-state index contributed by atoms with van der Waals surface area (Å²) >= 11 is 20.4. The molecule has 3 aromatic carbocycles. The van der Waals surface area contributed by atoms with Crippen LogP contribution in [0.3, 0.4) is 0 Å². The average Bonchev–Trinajstić information content (AvgIpc) is 3.67. The Kier molecular flexibility index (Phi) is 16.0. The number of benzene rings is 3. The molecule has 0 fully saturated rings. The number of aliphatic hydroxyl groups is 2. The van der Waals surface area contributed by atoms with Gasteiger partial charge in [0.05, 0.1) is 46.1 Å². The van der Waals surface area contributed by atoms with Crippen LogP contribution >= 0.6 is 34.8 Å². The van der Waals surface area contributed by atoms with E-state index in [1.165, 1.54) is 6.20 Å². The second-order valence-corrected chi connectivity index (χ2v) is 13.8. The molecule has 0 saturated heterocycles. The van der Waals surface area contributed by atoms with Gasteiger partial charge in [-0.2, -0.15) is 5.26 Å².